The highest BCUT2D eigenvalue weighted by atomic mass is 16.6. The zero-order chi connectivity index (χ0) is 31.5. The molecule has 1 aliphatic carbocycles. The van der Waals surface area contributed by atoms with Gasteiger partial charge in [-0.2, -0.15) is 0 Å². The third kappa shape index (κ3) is 4.50. The Bertz CT molecular complexity index is 2330. The summed E-state index contributed by atoms with van der Waals surface area (Å²) in [6.07, 6.45) is 1.81. The summed E-state index contributed by atoms with van der Waals surface area (Å²) in [6, 6.07) is 45.2. The van der Waals surface area contributed by atoms with Crippen molar-refractivity contribution in [3.05, 3.63) is 151 Å². The molecule has 0 fully saturated rings. The standard InChI is InChI=1S/C42H29N3O2/c1-42(2)31-16-7-6-15-30(31)39-32(42)19-21-37-40(39)47-38-24-29(18-20-36(38)46-37)41-44-34(26-11-4-3-5-12-26)25-35(45-41)28-14-10-13-27(23-28)33-17-8-9-22-43-33/h3-25H,1-2H3. The number of aromatic nitrogens is 3. The summed E-state index contributed by atoms with van der Waals surface area (Å²) in [6.45, 7) is 4.53. The van der Waals surface area contributed by atoms with Crippen LogP contribution < -0.4 is 9.47 Å². The zero-order valence-corrected chi connectivity index (χ0v) is 25.9. The smallest absolute Gasteiger partial charge is 0.178 e. The van der Waals surface area contributed by atoms with Gasteiger partial charge in [0.2, 0.25) is 0 Å². The van der Waals surface area contributed by atoms with Crippen molar-refractivity contribution in [3.8, 4) is 79.3 Å². The van der Waals surface area contributed by atoms with Crippen molar-refractivity contribution in [1.29, 1.82) is 0 Å². The third-order valence-electron chi connectivity index (χ3n) is 9.21. The lowest BCUT2D eigenvalue weighted by molar-refractivity contribution is 0.360. The van der Waals surface area contributed by atoms with Gasteiger partial charge in [0.05, 0.1) is 17.1 Å². The minimum Gasteiger partial charge on any atom is -0.449 e. The Morgan fingerprint density at radius 1 is 0.489 bits per heavy atom. The first kappa shape index (κ1) is 27.3. The van der Waals surface area contributed by atoms with Crippen LogP contribution in [0.25, 0.3) is 56.3 Å². The van der Waals surface area contributed by atoms with E-state index in [4.69, 9.17) is 19.4 Å². The highest BCUT2D eigenvalue weighted by Crippen LogP contribution is 2.58. The SMILES string of the molecule is CC1(C)c2ccccc2-c2c1ccc1c2Oc2cc(-c3nc(-c4ccccc4)cc(-c4cccc(-c5ccccn5)c4)n3)ccc2O1. The van der Waals surface area contributed by atoms with E-state index in [0.717, 1.165) is 50.6 Å². The molecule has 2 aliphatic rings. The molecule has 5 aromatic carbocycles. The number of ether oxygens (including phenoxy) is 2. The van der Waals surface area contributed by atoms with Crippen LogP contribution in [0.5, 0.6) is 23.0 Å². The van der Waals surface area contributed by atoms with Crippen LogP contribution in [0.4, 0.5) is 0 Å². The van der Waals surface area contributed by atoms with E-state index in [2.05, 4.69) is 79.5 Å². The molecule has 0 unspecified atom stereocenters. The molecule has 0 saturated heterocycles. The van der Waals surface area contributed by atoms with Gasteiger partial charge < -0.3 is 9.47 Å². The Labute approximate surface area is 273 Å². The molecule has 0 radical (unpaired) electrons. The van der Waals surface area contributed by atoms with E-state index in [9.17, 15) is 0 Å². The Balaban J connectivity index is 1.16. The third-order valence-corrected chi connectivity index (χ3v) is 9.21. The second kappa shape index (κ2) is 10.5. The molecule has 47 heavy (non-hydrogen) atoms. The summed E-state index contributed by atoms with van der Waals surface area (Å²) in [5.74, 6) is 3.36. The first-order valence-corrected chi connectivity index (χ1v) is 15.8. The number of hydrogen-bond acceptors (Lipinski definition) is 5. The number of benzene rings is 5. The van der Waals surface area contributed by atoms with Crippen LogP contribution in [0.2, 0.25) is 0 Å². The average molecular weight is 608 g/mol. The summed E-state index contributed by atoms with van der Waals surface area (Å²) in [5, 5.41) is 0. The molecule has 3 heterocycles. The maximum Gasteiger partial charge on any atom is 0.178 e. The first-order valence-electron chi connectivity index (χ1n) is 15.8. The first-order chi connectivity index (χ1) is 23.0. The van der Waals surface area contributed by atoms with Crippen LogP contribution in [0.1, 0.15) is 25.0 Å². The second-order valence-electron chi connectivity index (χ2n) is 12.5. The van der Waals surface area contributed by atoms with Gasteiger partial charge in [-0.1, -0.05) is 98.8 Å². The summed E-state index contributed by atoms with van der Waals surface area (Å²) >= 11 is 0. The van der Waals surface area contributed by atoms with Gasteiger partial charge in [-0.05, 0) is 65.2 Å². The molecule has 5 heteroatoms. The van der Waals surface area contributed by atoms with Gasteiger partial charge in [-0.3, -0.25) is 4.98 Å². The average Bonchev–Trinajstić information content (AvgIpc) is 3.37. The lowest BCUT2D eigenvalue weighted by atomic mass is 9.82. The normalized spacial score (nSPS) is 13.4. The van der Waals surface area contributed by atoms with Gasteiger partial charge >= 0.3 is 0 Å². The van der Waals surface area contributed by atoms with Gasteiger partial charge in [0.25, 0.3) is 0 Å². The monoisotopic (exact) mass is 607 g/mol. The molecule has 224 valence electrons. The molecular formula is C42H29N3O2. The van der Waals surface area contributed by atoms with E-state index < -0.39 is 0 Å². The largest absolute Gasteiger partial charge is 0.449 e. The number of rotatable bonds is 4. The molecule has 0 amide bonds. The Morgan fingerprint density at radius 2 is 1.21 bits per heavy atom. The van der Waals surface area contributed by atoms with E-state index >= 15 is 0 Å². The van der Waals surface area contributed by atoms with E-state index in [1.165, 1.54) is 16.7 Å². The van der Waals surface area contributed by atoms with Crippen molar-refractivity contribution in [1.82, 2.24) is 15.0 Å². The molecule has 0 spiro atoms. The van der Waals surface area contributed by atoms with Crippen molar-refractivity contribution >= 4 is 0 Å². The topological polar surface area (TPSA) is 57.1 Å². The molecule has 0 saturated carbocycles. The zero-order valence-electron chi connectivity index (χ0n) is 25.9. The van der Waals surface area contributed by atoms with Crippen LogP contribution in [-0.4, -0.2) is 15.0 Å². The minimum atomic E-state index is -0.136. The number of nitrogens with zero attached hydrogens (tertiary/aromatic N) is 3. The number of hydrogen-bond donors (Lipinski definition) is 0. The maximum atomic E-state index is 6.74. The van der Waals surface area contributed by atoms with Gasteiger partial charge in [0.1, 0.15) is 0 Å². The fourth-order valence-corrected chi connectivity index (χ4v) is 6.82. The van der Waals surface area contributed by atoms with Gasteiger partial charge in [-0.25, -0.2) is 9.97 Å². The molecule has 5 nitrogen and oxygen atoms in total. The molecular weight excluding hydrogens is 578 g/mol. The Kier molecular flexibility index (Phi) is 6.09. The fourth-order valence-electron chi connectivity index (χ4n) is 6.82. The predicted molar refractivity (Wildman–Crippen MR) is 186 cm³/mol. The van der Waals surface area contributed by atoms with Crippen molar-refractivity contribution in [2.45, 2.75) is 19.3 Å². The van der Waals surface area contributed by atoms with Crippen molar-refractivity contribution in [3.63, 3.8) is 0 Å². The van der Waals surface area contributed by atoms with E-state index in [0.29, 0.717) is 23.1 Å². The van der Waals surface area contributed by atoms with Gasteiger partial charge in [-0.15, -0.1) is 0 Å². The molecule has 7 aromatic rings. The van der Waals surface area contributed by atoms with Crippen LogP contribution in [0.3, 0.4) is 0 Å². The molecule has 1 aliphatic heterocycles. The molecule has 0 atom stereocenters. The van der Waals surface area contributed by atoms with Crippen LogP contribution in [0.15, 0.2) is 140 Å². The lowest BCUT2D eigenvalue weighted by Crippen LogP contribution is -2.15. The van der Waals surface area contributed by atoms with Crippen LogP contribution >= 0.6 is 0 Å². The summed E-state index contributed by atoms with van der Waals surface area (Å²) in [7, 11) is 0. The lowest BCUT2D eigenvalue weighted by Gasteiger charge is -2.25. The molecule has 0 bridgehead atoms. The fraction of sp³-hybridized carbons (Fsp3) is 0.0714. The number of fused-ring (bicyclic) bond motifs is 6. The molecule has 9 rings (SSSR count). The van der Waals surface area contributed by atoms with Crippen molar-refractivity contribution in [2.75, 3.05) is 0 Å². The quantitative estimate of drug-likeness (QED) is 0.199. The van der Waals surface area contributed by atoms with Crippen molar-refractivity contribution < 1.29 is 9.47 Å². The highest BCUT2D eigenvalue weighted by molar-refractivity contribution is 5.88. The Morgan fingerprint density at radius 3 is 2.04 bits per heavy atom. The van der Waals surface area contributed by atoms with Crippen LogP contribution in [-0.2, 0) is 5.41 Å². The molecule has 0 N–H and O–H groups in total. The van der Waals surface area contributed by atoms with Crippen molar-refractivity contribution in [2.24, 2.45) is 0 Å². The van der Waals surface area contributed by atoms with Crippen LogP contribution in [0, 0.1) is 0 Å². The van der Waals surface area contributed by atoms with E-state index in [1.807, 2.05) is 79.0 Å². The van der Waals surface area contributed by atoms with Gasteiger partial charge in [0, 0.05) is 39.4 Å². The summed E-state index contributed by atoms with van der Waals surface area (Å²) in [4.78, 5) is 14.7. The summed E-state index contributed by atoms with van der Waals surface area (Å²) < 4.78 is 13.2. The van der Waals surface area contributed by atoms with E-state index in [-0.39, 0.29) is 5.41 Å². The van der Waals surface area contributed by atoms with E-state index in [1.54, 1.807) is 0 Å². The molecule has 2 aromatic heterocycles. The second-order valence-corrected chi connectivity index (χ2v) is 12.5. The minimum absolute atomic E-state index is 0.136. The van der Waals surface area contributed by atoms with Gasteiger partial charge in [0.15, 0.2) is 28.8 Å². The predicted octanol–water partition coefficient (Wildman–Crippen LogP) is 10.7. The number of pyridine rings is 1. The Hall–Kier alpha value is -6.07. The maximum absolute atomic E-state index is 6.74. The summed E-state index contributed by atoms with van der Waals surface area (Å²) in [5.41, 5.74) is 11.1. The highest BCUT2D eigenvalue weighted by Gasteiger charge is 2.39.